The van der Waals surface area contributed by atoms with Crippen LogP contribution in [0.25, 0.3) is 0 Å². The largest absolute Gasteiger partial charge is 0.494 e. The Morgan fingerprint density at radius 2 is 1.73 bits per heavy atom. The second-order valence-corrected chi connectivity index (χ2v) is 10.3. The lowest BCUT2D eigenvalue weighted by molar-refractivity contribution is 0.0964. The van der Waals surface area contributed by atoms with Gasteiger partial charge in [0.05, 0.1) is 43.4 Å². The third kappa shape index (κ3) is 8.43. The van der Waals surface area contributed by atoms with E-state index >= 15 is 0 Å². The fourth-order valence-electron chi connectivity index (χ4n) is 3.34. The van der Waals surface area contributed by atoms with Gasteiger partial charge in [-0.3, -0.25) is 9.36 Å². The Morgan fingerprint density at radius 1 is 1.03 bits per heavy atom. The monoisotopic (exact) mass is 547 g/mol. The second-order valence-electron chi connectivity index (χ2n) is 7.66. The SMILES string of the molecule is CCOP(=O)(CCCOc1ccc(Nc2ncc(Cl)c(Nc3ccccc3C(=O)NC)n2)cc1)OCC. The first kappa shape index (κ1) is 28.4. The van der Waals surface area contributed by atoms with E-state index in [-0.39, 0.29) is 5.91 Å². The molecule has 0 aliphatic carbocycles. The summed E-state index contributed by atoms with van der Waals surface area (Å²) in [5.74, 6) is 1.11. The molecule has 0 aliphatic heterocycles. The Bertz CT molecular complexity index is 1220. The fourth-order valence-corrected chi connectivity index (χ4v) is 5.11. The van der Waals surface area contributed by atoms with Crippen LogP contribution in [0.15, 0.2) is 54.7 Å². The Hall–Kier alpha value is -3.17. The minimum absolute atomic E-state index is 0.230. The van der Waals surface area contributed by atoms with Gasteiger partial charge in [0.25, 0.3) is 5.91 Å². The van der Waals surface area contributed by atoms with E-state index in [0.29, 0.717) is 66.2 Å². The van der Waals surface area contributed by atoms with Gasteiger partial charge in [-0.25, -0.2) is 4.98 Å². The molecule has 1 heterocycles. The number of ether oxygens (including phenoxy) is 1. The number of hydrogen-bond donors (Lipinski definition) is 3. The van der Waals surface area contributed by atoms with E-state index in [1.54, 1.807) is 39.1 Å². The van der Waals surface area contributed by atoms with E-state index in [1.165, 1.54) is 6.20 Å². The van der Waals surface area contributed by atoms with E-state index in [2.05, 4.69) is 25.9 Å². The molecule has 0 aliphatic rings. The van der Waals surface area contributed by atoms with Crippen LogP contribution < -0.4 is 20.7 Å². The van der Waals surface area contributed by atoms with Crippen LogP contribution in [0.3, 0.4) is 0 Å². The van der Waals surface area contributed by atoms with Gasteiger partial charge in [0.1, 0.15) is 10.8 Å². The average molecular weight is 548 g/mol. The fraction of sp³-hybridized carbons (Fsp3) is 0.320. The molecule has 1 aromatic heterocycles. The molecule has 0 spiro atoms. The molecular weight excluding hydrogens is 517 g/mol. The molecule has 0 saturated heterocycles. The highest BCUT2D eigenvalue weighted by Gasteiger charge is 2.22. The Morgan fingerprint density at radius 3 is 2.41 bits per heavy atom. The maximum atomic E-state index is 12.5. The third-order valence-electron chi connectivity index (χ3n) is 5.00. The maximum absolute atomic E-state index is 12.5. The highest BCUT2D eigenvalue weighted by atomic mass is 35.5. The number of carbonyl (C=O) groups is 1. The molecule has 2 aromatic carbocycles. The van der Waals surface area contributed by atoms with Crippen LogP contribution in [0.5, 0.6) is 5.75 Å². The van der Waals surface area contributed by atoms with Gasteiger partial charge in [-0.2, -0.15) is 4.98 Å². The van der Waals surface area contributed by atoms with Crippen LogP contribution in [0.2, 0.25) is 5.02 Å². The molecule has 198 valence electrons. The molecule has 3 aromatic rings. The van der Waals surface area contributed by atoms with Crippen molar-refractivity contribution in [2.45, 2.75) is 20.3 Å². The number of hydrogen-bond acceptors (Lipinski definition) is 9. The first-order valence-corrected chi connectivity index (χ1v) is 14.0. The van der Waals surface area contributed by atoms with E-state index in [9.17, 15) is 9.36 Å². The zero-order valence-corrected chi connectivity index (χ0v) is 22.6. The molecule has 0 radical (unpaired) electrons. The lowest BCUT2D eigenvalue weighted by atomic mass is 10.1. The van der Waals surface area contributed by atoms with Gasteiger partial charge < -0.3 is 29.7 Å². The molecule has 0 fully saturated rings. The van der Waals surface area contributed by atoms with E-state index in [1.807, 2.05) is 30.3 Å². The smallest absolute Gasteiger partial charge is 0.330 e. The first-order chi connectivity index (χ1) is 17.9. The molecule has 10 nitrogen and oxygen atoms in total. The minimum Gasteiger partial charge on any atom is -0.494 e. The summed E-state index contributed by atoms with van der Waals surface area (Å²) >= 11 is 6.29. The summed E-state index contributed by atoms with van der Waals surface area (Å²) in [6, 6.07) is 14.3. The van der Waals surface area contributed by atoms with Gasteiger partial charge >= 0.3 is 7.60 Å². The lowest BCUT2D eigenvalue weighted by Gasteiger charge is -2.16. The number of amides is 1. The van der Waals surface area contributed by atoms with Crippen molar-refractivity contribution in [1.82, 2.24) is 15.3 Å². The number of nitrogens with one attached hydrogen (secondary N) is 3. The van der Waals surface area contributed by atoms with Gasteiger partial charge in [-0.15, -0.1) is 0 Å². The van der Waals surface area contributed by atoms with E-state index in [4.69, 9.17) is 25.4 Å². The van der Waals surface area contributed by atoms with Crippen LogP contribution >= 0.6 is 19.2 Å². The van der Waals surface area contributed by atoms with Crippen molar-refractivity contribution in [3.63, 3.8) is 0 Å². The predicted molar refractivity (Wildman–Crippen MR) is 146 cm³/mol. The number of para-hydroxylation sites is 1. The zero-order chi connectivity index (χ0) is 26.7. The summed E-state index contributed by atoms with van der Waals surface area (Å²) < 4.78 is 28.8. The summed E-state index contributed by atoms with van der Waals surface area (Å²) in [6.45, 7) is 4.63. The summed E-state index contributed by atoms with van der Waals surface area (Å²) in [6.07, 6.45) is 2.31. The molecule has 3 N–H and O–H groups in total. The number of carbonyl (C=O) groups excluding carboxylic acids is 1. The molecule has 0 atom stereocenters. The summed E-state index contributed by atoms with van der Waals surface area (Å²) in [5.41, 5.74) is 1.76. The summed E-state index contributed by atoms with van der Waals surface area (Å²) in [4.78, 5) is 20.8. The number of benzene rings is 2. The Labute approximate surface area is 221 Å². The molecule has 12 heteroatoms. The second kappa shape index (κ2) is 13.9. The number of nitrogens with zero attached hydrogens (tertiary/aromatic N) is 2. The van der Waals surface area contributed by atoms with Crippen LogP contribution in [0.4, 0.5) is 23.1 Å². The molecule has 0 saturated carbocycles. The number of rotatable bonds is 14. The molecule has 3 rings (SSSR count). The van der Waals surface area contributed by atoms with Crippen molar-refractivity contribution < 1.29 is 23.1 Å². The van der Waals surface area contributed by atoms with Gasteiger partial charge in [0.15, 0.2) is 5.82 Å². The minimum atomic E-state index is -3.07. The van der Waals surface area contributed by atoms with Crippen LogP contribution in [0.1, 0.15) is 30.6 Å². The van der Waals surface area contributed by atoms with Crippen LogP contribution in [0, 0.1) is 0 Å². The molecule has 0 unspecified atom stereocenters. The Kier molecular flexibility index (Phi) is 10.7. The number of halogens is 1. The third-order valence-corrected chi connectivity index (χ3v) is 7.45. The predicted octanol–water partition coefficient (Wildman–Crippen LogP) is 6.01. The highest BCUT2D eigenvalue weighted by molar-refractivity contribution is 7.53. The summed E-state index contributed by atoms with van der Waals surface area (Å²) in [5, 5.41) is 9.14. The number of anilines is 4. The van der Waals surface area contributed by atoms with E-state index in [0.717, 1.165) is 5.69 Å². The van der Waals surface area contributed by atoms with Crippen LogP contribution in [-0.2, 0) is 13.6 Å². The highest BCUT2D eigenvalue weighted by Crippen LogP contribution is 2.48. The lowest BCUT2D eigenvalue weighted by Crippen LogP contribution is -2.19. The van der Waals surface area contributed by atoms with E-state index < -0.39 is 7.60 Å². The first-order valence-electron chi connectivity index (χ1n) is 11.9. The van der Waals surface area contributed by atoms with Crippen molar-refractivity contribution in [3.05, 3.63) is 65.3 Å². The van der Waals surface area contributed by atoms with Gasteiger partial charge in [0, 0.05) is 12.7 Å². The van der Waals surface area contributed by atoms with Gasteiger partial charge in [0.2, 0.25) is 5.95 Å². The maximum Gasteiger partial charge on any atom is 0.330 e. The van der Waals surface area contributed by atoms with Crippen molar-refractivity contribution in [2.24, 2.45) is 0 Å². The van der Waals surface area contributed by atoms with Crippen molar-refractivity contribution in [1.29, 1.82) is 0 Å². The van der Waals surface area contributed by atoms with Gasteiger partial charge in [-0.1, -0.05) is 23.7 Å². The van der Waals surface area contributed by atoms with Crippen molar-refractivity contribution in [2.75, 3.05) is 43.7 Å². The Balaban J connectivity index is 1.59. The molecule has 37 heavy (non-hydrogen) atoms. The van der Waals surface area contributed by atoms with Crippen LogP contribution in [-0.4, -0.2) is 48.9 Å². The summed E-state index contributed by atoms with van der Waals surface area (Å²) in [7, 11) is -1.50. The quantitative estimate of drug-likeness (QED) is 0.164. The topological polar surface area (TPSA) is 124 Å². The molecule has 0 bridgehead atoms. The van der Waals surface area contributed by atoms with Gasteiger partial charge in [-0.05, 0) is 56.7 Å². The number of aromatic nitrogens is 2. The van der Waals surface area contributed by atoms with Crippen molar-refractivity contribution in [3.8, 4) is 5.75 Å². The zero-order valence-electron chi connectivity index (χ0n) is 21.0. The standard InChI is InChI=1S/C25H31ClN5O5P/c1-4-35-37(33,36-5-2)16-8-15-34-19-13-11-18(12-14-19)29-25-28-17-21(26)23(31-25)30-22-10-7-6-9-20(22)24(32)27-3/h6-7,9-14,17H,4-5,8,15-16H2,1-3H3,(H,27,32)(H2,28,29,30,31). The molecule has 1 amide bonds. The molecular formula is C25H31ClN5O5P. The van der Waals surface area contributed by atoms with Crippen molar-refractivity contribution >= 4 is 48.2 Å². The normalized spacial score (nSPS) is 11.1. The average Bonchev–Trinajstić information content (AvgIpc) is 2.89.